The van der Waals surface area contributed by atoms with Crippen molar-refractivity contribution in [3.63, 3.8) is 0 Å². The van der Waals surface area contributed by atoms with Crippen LogP contribution in [-0.2, 0) is 0 Å². The maximum absolute atomic E-state index is 11.7. The SMILES string of the molecule is CCCC[N]C(=O)N(CCCC)N(C)C. The van der Waals surface area contributed by atoms with Crippen molar-refractivity contribution in [3.8, 4) is 0 Å². The fourth-order valence-electron chi connectivity index (χ4n) is 1.19. The Balaban J connectivity index is 3.93. The highest BCUT2D eigenvalue weighted by atomic mass is 16.2. The van der Waals surface area contributed by atoms with Crippen molar-refractivity contribution in [1.29, 1.82) is 0 Å². The average molecular weight is 214 g/mol. The van der Waals surface area contributed by atoms with Crippen LogP contribution in [0, 0.1) is 0 Å². The van der Waals surface area contributed by atoms with Gasteiger partial charge in [-0.05, 0) is 12.8 Å². The van der Waals surface area contributed by atoms with E-state index >= 15 is 0 Å². The normalized spacial score (nSPS) is 10.5. The minimum absolute atomic E-state index is 0.109. The van der Waals surface area contributed by atoms with Crippen LogP contribution in [0.1, 0.15) is 39.5 Å². The van der Waals surface area contributed by atoms with Gasteiger partial charge in [-0.3, -0.25) is 5.01 Å². The van der Waals surface area contributed by atoms with E-state index in [0.29, 0.717) is 6.54 Å². The first-order valence-electron chi connectivity index (χ1n) is 5.79. The van der Waals surface area contributed by atoms with Gasteiger partial charge in [0, 0.05) is 27.2 Å². The Morgan fingerprint density at radius 3 is 2.20 bits per heavy atom. The fraction of sp³-hybridized carbons (Fsp3) is 0.909. The Hall–Kier alpha value is -0.770. The Bertz CT molecular complexity index is 171. The summed E-state index contributed by atoms with van der Waals surface area (Å²) in [5, 5.41) is 7.54. The second-order valence-electron chi connectivity index (χ2n) is 3.84. The Morgan fingerprint density at radius 1 is 1.13 bits per heavy atom. The predicted octanol–water partition coefficient (Wildman–Crippen LogP) is 2.09. The molecule has 4 heteroatoms. The molecule has 0 saturated heterocycles. The molecular weight excluding hydrogens is 190 g/mol. The number of nitrogens with zero attached hydrogens (tertiary/aromatic N) is 3. The molecule has 0 spiro atoms. The molecule has 0 N–H and O–H groups in total. The average Bonchev–Trinajstić information content (AvgIpc) is 2.18. The molecule has 0 aromatic heterocycles. The lowest BCUT2D eigenvalue weighted by atomic mass is 10.3. The van der Waals surface area contributed by atoms with Crippen LogP contribution in [-0.4, -0.2) is 43.2 Å². The number of hydrogen-bond acceptors (Lipinski definition) is 2. The summed E-state index contributed by atoms with van der Waals surface area (Å²) in [6, 6.07) is -0.109. The summed E-state index contributed by atoms with van der Waals surface area (Å²) in [4.78, 5) is 11.7. The molecule has 4 nitrogen and oxygen atoms in total. The lowest BCUT2D eigenvalue weighted by molar-refractivity contribution is 0.0610. The number of hydrazine groups is 1. The molecule has 15 heavy (non-hydrogen) atoms. The standard InChI is InChI=1S/C11H24N3O/c1-5-7-9-12-11(15)14(13(3)4)10-8-6-2/h5-10H2,1-4H3. The molecular formula is C11H24N3O. The monoisotopic (exact) mass is 214 g/mol. The lowest BCUT2D eigenvalue weighted by Crippen LogP contribution is -2.45. The summed E-state index contributed by atoms with van der Waals surface area (Å²) in [6.45, 7) is 5.62. The van der Waals surface area contributed by atoms with Crippen molar-refractivity contribution in [2.75, 3.05) is 27.2 Å². The van der Waals surface area contributed by atoms with E-state index in [1.165, 1.54) is 0 Å². The van der Waals surface area contributed by atoms with Gasteiger partial charge in [0.25, 0.3) is 0 Å². The largest absolute Gasteiger partial charge is 0.353 e. The molecule has 0 saturated carbocycles. The molecule has 0 aliphatic heterocycles. The first-order valence-corrected chi connectivity index (χ1v) is 5.79. The number of amides is 2. The molecule has 89 valence electrons. The zero-order valence-electron chi connectivity index (χ0n) is 10.5. The van der Waals surface area contributed by atoms with Crippen LogP contribution in [0.2, 0.25) is 0 Å². The highest BCUT2D eigenvalue weighted by Gasteiger charge is 2.15. The third-order valence-corrected chi connectivity index (χ3v) is 2.19. The molecule has 0 rings (SSSR count). The fourth-order valence-corrected chi connectivity index (χ4v) is 1.19. The van der Waals surface area contributed by atoms with Gasteiger partial charge in [0.1, 0.15) is 0 Å². The molecule has 0 fully saturated rings. The first-order chi connectivity index (χ1) is 7.13. The molecule has 0 aliphatic rings. The zero-order chi connectivity index (χ0) is 11.7. The predicted molar refractivity (Wildman–Crippen MR) is 62.6 cm³/mol. The smallest absolute Gasteiger partial charge is 0.256 e. The third kappa shape index (κ3) is 6.33. The second-order valence-corrected chi connectivity index (χ2v) is 3.84. The summed E-state index contributed by atoms with van der Waals surface area (Å²) < 4.78 is 0. The Morgan fingerprint density at radius 2 is 1.73 bits per heavy atom. The van der Waals surface area contributed by atoms with E-state index in [9.17, 15) is 4.79 Å². The molecule has 0 atom stereocenters. The molecule has 0 aromatic rings. The minimum Gasteiger partial charge on any atom is -0.256 e. The summed E-state index contributed by atoms with van der Waals surface area (Å²) in [5.74, 6) is 0. The van der Waals surface area contributed by atoms with E-state index in [2.05, 4.69) is 19.2 Å². The Kier molecular flexibility index (Phi) is 8.09. The second kappa shape index (κ2) is 8.53. The summed E-state index contributed by atoms with van der Waals surface area (Å²) in [7, 11) is 3.76. The van der Waals surface area contributed by atoms with Crippen LogP contribution in [0.5, 0.6) is 0 Å². The maximum Gasteiger partial charge on any atom is 0.353 e. The molecule has 0 unspecified atom stereocenters. The van der Waals surface area contributed by atoms with E-state index in [1.54, 1.807) is 5.01 Å². The van der Waals surface area contributed by atoms with Gasteiger partial charge in [0.2, 0.25) is 0 Å². The lowest BCUT2D eigenvalue weighted by Gasteiger charge is -2.27. The summed E-state index contributed by atoms with van der Waals surface area (Å²) >= 11 is 0. The minimum atomic E-state index is -0.109. The number of hydrogen-bond donors (Lipinski definition) is 0. The van der Waals surface area contributed by atoms with E-state index < -0.39 is 0 Å². The topological polar surface area (TPSA) is 37.7 Å². The van der Waals surface area contributed by atoms with Crippen LogP contribution in [0.25, 0.3) is 0 Å². The zero-order valence-corrected chi connectivity index (χ0v) is 10.5. The third-order valence-electron chi connectivity index (χ3n) is 2.19. The molecule has 1 radical (unpaired) electrons. The van der Waals surface area contributed by atoms with Crippen LogP contribution in [0.4, 0.5) is 4.79 Å². The highest BCUT2D eigenvalue weighted by Crippen LogP contribution is 1.99. The van der Waals surface area contributed by atoms with Gasteiger partial charge >= 0.3 is 6.03 Å². The highest BCUT2D eigenvalue weighted by molar-refractivity contribution is 5.73. The van der Waals surface area contributed by atoms with Gasteiger partial charge in [-0.1, -0.05) is 26.7 Å². The molecule has 2 amide bonds. The Labute approximate surface area is 93.6 Å². The number of urea groups is 1. The summed E-state index contributed by atoms with van der Waals surface area (Å²) in [5.41, 5.74) is 0. The molecule has 0 bridgehead atoms. The van der Waals surface area contributed by atoms with Gasteiger partial charge < -0.3 is 0 Å². The van der Waals surface area contributed by atoms with Crippen LogP contribution in [0.15, 0.2) is 0 Å². The van der Waals surface area contributed by atoms with Gasteiger partial charge in [0.15, 0.2) is 0 Å². The number of unbranched alkanes of at least 4 members (excludes halogenated alkanes) is 2. The molecule has 0 aliphatic carbocycles. The van der Waals surface area contributed by atoms with Crippen molar-refractivity contribution < 1.29 is 4.79 Å². The number of carbonyl (C=O) groups is 1. The van der Waals surface area contributed by atoms with Gasteiger partial charge in [-0.15, -0.1) is 0 Å². The molecule has 0 heterocycles. The van der Waals surface area contributed by atoms with Gasteiger partial charge in [-0.2, -0.15) is 0 Å². The van der Waals surface area contributed by atoms with E-state index in [-0.39, 0.29) is 6.03 Å². The van der Waals surface area contributed by atoms with Crippen LogP contribution >= 0.6 is 0 Å². The quantitative estimate of drug-likeness (QED) is 0.481. The van der Waals surface area contributed by atoms with Crippen molar-refractivity contribution in [1.82, 2.24) is 15.3 Å². The van der Waals surface area contributed by atoms with Crippen LogP contribution in [0.3, 0.4) is 0 Å². The summed E-state index contributed by atoms with van der Waals surface area (Å²) in [6.07, 6.45) is 4.17. The van der Waals surface area contributed by atoms with Crippen molar-refractivity contribution >= 4 is 6.03 Å². The van der Waals surface area contributed by atoms with E-state index in [1.807, 2.05) is 19.1 Å². The van der Waals surface area contributed by atoms with Crippen molar-refractivity contribution in [2.45, 2.75) is 39.5 Å². The van der Waals surface area contributed by atoms with Crippen LogP contribution < -0.4 is 5.32 Å². The van der Waals surface area contributed by atoms with E-state index in [0.717, 1.165) is 32.2 Å². The van der Waals surface area contributed by atoms with Gasteiger partial charge in [0.05, 0.1) is 0 Å². The number of carbonyl (C=O) groups excluding carboxylic acids is 1. The van der Waals surface area contributed by atoms with Crippen molar-refractivity contribution in [2.24, 2.45) is 0 Å². The van der Waals surface area contributed by atoms with Gasteiger partial charge in [-0.25, -0.2) is 15.1 Å². The first kappa shape index (κ1) is 14.2. The maximum atomic E-state index is 11.7. The molecule has 0 aromatic carbocycles. The number of rotatable bonds is 7. The van der Waals surface area contributed by atoms with E-state index in [4.69, 9.17) is 0 Å². The van der Waals surface area contributed by atoms with Crippen molar-refractivity contribution in [3.05, 3.63) is 0 Å².